The summed E-state index contributed by atoms with van der Waals surface area (Å²) >= 11 is 0. The molecule has 0 saturated heterocycles. The van der Waals surface area contributed by atoms with E-state index in [-0.39, 0.29) is 17.4 Å². The number of fused-ring (bicyclic) bond motifs is 1. The van der Waals surface area contributed by atoms with Crippen molar-refractivity contribution in [3.8, 4) is 0 Å². The number of carbonyl (C=O) groups is 1. The molecule has 0 bridgehead atoms. The zero-order chi connectivity index (χ0) is 14.0. The van der Waals surface area contributed by atoms with Crippen molar-refractivity contribution in [3.05, 3.63) is 28.3 Å². The van der Waals surface area contributed by atoms with Crippen molar-refractivity contribution in [2.24, 2.45) is 0 Å². The topological polar surface area (TPSA) is 77.0 Å². The van der Waals surface area contributed by atoms with Crippen LogP contribution >= 0.6 is 0 Å². The van der Waals surface area contributed by atoms with E-state index in [4.69, 9.17) is 0 Å². The van der Waals surface area contributed by atoms with Gasteiger partial charge in [0, 0.05) is 6.04 Å². The number of aromatic nitrogens is 3. The van der Waals surface area contributed by atoms with Crippen LogP contribution in [-0.4, -0.2) is 27.6 Å². The summed E-state index contributed by atoms with van der Waals surface area (Å²) in [6, 6.07) is 3.29. The fourth-order valence-electron chi connectivity index (χ4n) is 2.21. The van der Waals surface area contributed by atoms with E-state index in [9.17, 15) is 9.59 Å². The molecule has 6 heteroatoms. The second-order valence-corrected chi connectivity index (χ2v) is 4.33. The van der Waals surface area contributed by atoms with Crippen molar-refractivity contribution in [2.75, 3.05) is 7.11 Å². The molecule has 0 saturated carbocycles. The summed E-state index contributed by atoms with van der Waals surface area (Å²) in [5, 5.41) is 0. The average Bonchev–Trinajstić information content (AvgIpc) is 2.75. The lowest BCUT2D eigenvalue weighted by Crippen LogP contribution is -2.22. The highest BCUT2D eigenvalue weighted by Gasteiger charge is 2.17. The summed E-state index contributed by atoms with van der Waals surface area (Å²) in [4.78, 5) is 30.5. The number of hydrogen-bond acceptors (Lipinski definition) is 4. The van der Waals surface area contributed by atoms with Gasteiger partial charge in [0.2, 0.25) is 0 Å². The van der Waals surface area contributed by atoms with E-state index in [2.05, 4.69) is 14.7 Å². The molecule has 1 N–H and O–H groups in total. The molecule has 2 aromatic rings. The Bertz CT molecular complexity index is 653. The van der Waals surface area contributed by atoms with E-state index in [0.717, 1.165) is 12.8 Å². The molecule has 0 amide bonds. The number of pyridine rings is 1. The van der Waals surface area contributed by atoms with Gasteiger partial charge in [-0.2, -0.15) is 0 Å². The maximum absolute atomic E-state index is 12.0. The lowest BCUT2D eigenvalue weighted by Gasteiger charge is -2.13. The number of hydrogen-bond donors (Lipinski definition) is 1. The summed E-state index contributed by atoms with van der Waals surface area (Å²) in [5.41, 5.74) is 1.14. The van der Waals surface area contributed by atoms with Crippen molar-refractivity contribution < 1.29 is 9.53 Å². The normalized spacial score (nSPS) is 11.2. The van der Waals surface area contributed by atoms with Crippen LogP contribution in [0.15, 0.2) is 16.9 Å². The number of nitrogens with zero attached hydrogens (tertiary/aromatic N) is 2. The smallest absolute Gasteiger partial charge is 0.356 e. The number of carbonyl (C=O) groups excluding carboxylic acids is 1. The summed E-state index contributed by atoms with van der Waals surface area (Å²) in [7, 11) is 1.30. The van der Waals surface area contributed by atoms with Crippen LogP contribution in [0.3, 0.4) is 0 Å². The van der Waals surface area contributed by atoms with Crippen molar-refractivity contribution >= 4 is 17.1 Å². The number of aromatic amines is 1. The van der Waals surface area contributed by atoms with Gasteiger partial charge in [-0.15, -0.1) is 0 Å². The minimum absolute atomic E-state index is 0.0710. The summed E-state index contributed by atoms with van der Waals surface area (Å²) < 4.78 is 6.26. The molecule has 2 aromatic heterocycles. The first-order chi connectivity index (χ1) is 9.12. The van der Waals surface area contributed by atoms with Crippen LogP contribution in [-0.2, 0) is 4.74 Å². The van der Waals surface area contributed by atoms with Crippen molar-refractivity contribution in [3.63, 3.8) is 0 Å². The lowest BCUT2D eigenvalue weighted by atomic mass is 10.2. The van der Waals surface area contributed by atoms with Crippen molar-refractivity contribution in [1.29, 1.82) is 0 Å². The van der Waals surface area contributed by atoms with Crippen LogP contribution in [0.5, 0.6) is 0 Å². The Morgan fingerprint density at radius 2 is 2.11 bits per heavy atom. The molecule has 102 valence electrons. The molecule has 2 heterocycles. The first-order valence-corrected chi connectivity index (χ1v) is 6.31. The highest BCUT2D eigenvalue weighted by atomic mass is 16.5. The molecule has 19 heavy (non-hydrogen) atoms. The fourth-order valence-corrected chi connectivity index (χ4v) is 2.21. The quantitative estimate of drug-likeness (QED) is 0.854. The second-order valence-electron chi connectivity index (χ2n) is 4.33. The van der Waals surface area contributed by atoms with Crippen molar-refractivity contribution in [1.82, 2.24) is 14.5 Å². The second kappa shape index (κ2) is 5.26. The van der Waals surface area contributed by atoms with E-state index in [1.807, 2.05) is 13.8 Å². The van der Waals surface area contributed by atoms with E-state index in [1.165, 1.54) is 7.11 Å². The Hall–Kier alpha value is -2.11. The van der Waals surface area contributed by atoms with Crippen LogP contribution in [0.25, 0.3) is 11.2 Å². The summed E-state index contributed by atoms with van der Waals surface area (Å²) in [6.07, 6.45) is 1.65. The number of nitrogens with one attached hydrogen (secondary N) is 1. The van der Waals surface area contributed by atoms with Gasteiger partial charge in [0.25, 0.3) is 0 Å². The zero-order valence-corrected chi connectivity index (χ0v) is 11.3. The van der Waals surface area contributed by atoms with Gasteiger partial charge in [-0.05, 0) is 25.0 Å². The Kier molecular flexibility index (Phi) is 3.69. The summed E-state index contributed by atoms with van der Waals surface area (Å²) in [5.74, 6) is -0.508. The van der Waals surface area contributed by atoms with Crippen LogP contribution < -0.4 is 5.69 Å². The molecule has 0 aliphatic rings. The molecule has 0 aromatic carbocycles. The molecule has 0 atom stereocenters. The maximum Gasteiger partial charge on any atom is 0.356 e. The number of ether oxygens (including phenoxy) is 1. The summed E-state index contributed by atoms with van der Waals surface area (Å²) in [6.45, 7) is 4.03. The van der Waals surface area contributed by atoms with Crippen LogP contribution in [0.2, 0.25) is 0 Å². The molecule has 0 fully saturated rings. The van der Waals surface area contributed by atoms with Gasteiger partial charge in [-0.25, -0.2) is 14.6 Å². The maximum atomic E-state index is 12.0. The molecule has 6 nitrogen and oxygen atoms in total. The van der Waals surface area contributed by atoms with Gasteiger partial charge in [0.05, 0.1) is 12.6 Å². The molecule has 0 aliphatic carbocycles. The molecular formula is C13H17N3O3. The van der Waals surface area contributed by atoms with E-state index < -0.39 is 5.97 Å². The van der Waals surface area contributed by atoms with Crippen LogP contribution in [0, 0.1) is 0 Å². The Morgan fingerprint density at radius 1 is 1.42 bits per heavy atom. The highest BCUT2D eigenvalue weighted by Crippen LogP contribution is 2.19. The Balaban J connectivity index is 2.65. The molecule has 0 aliphatic heterocycles. The third-order valence-electron chi connectivity index (χ3n) is 3.27. The molecule has 0 spiro atoms. The van der Waals surface area contributed by atoms with Crippen LogP contribution in [0.4, 0.5) is 0 Å². The molecular weight excluding hydrogens is 246 g/mol. The SMILES string of the molecule is CCC(CC)n1c(=O)[nH]c2ccc(C(=O)OC)nc21. The van der Waals surface area contributed by atoms with E-state index in [0.29, 0.717) is 11.2 Å². The predicted molar refractivity (Wildman–Crippen MR) is 71.3 cm³/mol. The average molecular weight is 263 g/mol. The van der Waals surface area contributed by atoms with Gasteiger partial charge in [0.1, 0.15) is 0 Å². The lowest BCUT2D eigenvalue weighted by molar-refractivity contribution is 0.0594. The number of H-pyrrole nitrogens is 1. The Morgan fingerprint density at radius 3 is 2.68 bits per heavy atom. The first-order valence-electron chi connectivity index (χ1n) is 6.31. The largest absolute Gasteiger partial charge is 0.464 e. The monoisotopic (exact) mass is 263 g/mol. The fraction of sp³-hybridized carbons (Fsp3) is 0.462. The number of esters is 1. The first kappa shape index (κ1) is 13.3. The third-order valence-corrected chi connectivity index (χ3v) is 3.27. The standard InChI is InChI=1S/C13H17N3O3/c1-4-8(5-2)16-11-9(15-13(16)18)6-7-10(14-11)12(17)19-3/h6-8H,4-5H2,1-3H3,(H,15,18). The number of rotatable bonds is 4. The highest BCUT2D eigenvalue weighted by molar-refractivity contribution is 5.89. The minimum Gasteiger partial charge on any atom is -0.464 e. The van der Waals surface area contributed by atoms with Gasteiger partial charge in [-0.3, -0.25) is 4.57 Å². The predicted octanol–water partition coefficient (Wildman–Crippen LogP) is 1.87. The Labute approximate surface area is 110 Å². The van der Waals surface area contributed by atoms with Gasteiger partial charge < -0.3 is 9.72 Å². The zero-order valence-electron chi connectivity index (χ0n) is 11.3. The van der Waals surface area contributed by atoms with Crippen molar-refractivity contribution in [2.45, 2.75) is 32.7 Å². The molecule has 2 rings (SSSR count). The van der Waals surface area contributed by atoms with E-state index >= 15 is 0 Å². The minimum atomic E-state index is -0.508. The van der Waals surface area contributed by atoms with Gasteiger partial charge >= 0.3 is 11.7 Å². The van der Waals surface area contributed by atoms with E-state index in [1.54, 1.807) is 16.7 Å². The van der Waals surface area contributed by atoms with Gasteiger partial charge in [-0.1, -0.05) is 13.8 Å². The number of methoxy groups -OCH3 is 1. The molecule has 0 radical (unpaired) electrons. The third kappa shape index (κ3) is 2.25. The number of imidazole rings is 1. The van der Waals surface area contributed by atoms with Gasteiger partial charge in [0.15, 0.2) is 11.3 Å². The molecule has 0 unspecified atom stereocenters. The van der Waals surface area contributed by atoms with Crippen LogP contribution in [0.1, 0.15) is 43.2 Å².